The van der Waals surface area contributed by atoms with Crippen molar-refractivity contribution in [2.75, 3.05) is 7.11 Å². The van der Waals surface area contributed by atoms with E-state index in [0.717, 1.165) is 0 Å². The minimum atomic E-state index is -0.232. The Morgan fingerprint density at radius 2 is 2.24 bits per heavy atom. The largest absolute Gasteiger partial charge is 0.507 e. The molecule has 17 heavy (non-hydrogen) atoms. The lowest BCUT2D eigenvalue weighted by Gasteiger charge is -2.13. The highest BCUT2D eigenvalue weighted by Gasteiger charge is 2.29. The first-order chi connectivity index (χ1) is 8.11. The summed E-state index contributed by atoms with van der Waals surface area (Å²) in [5, 5.41) is 12.6. The van der Waals surface area contributed by atoms with Crippen LogP contribution in [-0.4, -0.2) is 24.2 Å². The van der Waals surface area contributed by atoms with Gasteiger partial charge >= 0.3 is 0 Å². The molecule has 0 bridgehead atoms. The van der Waals surface area contributed by atoms with Crippen molar-refractivity contribution in [1.29, 1.82) is 0 Å². The molecule has 0 aromatic heterocycles. The molecule has 0 radical (unpaired) electrons. The number of amides is 1. The second kappa shape index (κ2) is 4.65. The monoisotopic (exact) mass is 235 g/mol. The second-order valence-electron chi connectivity index (χ2n) is 4.48. The third kappa shape index (κ3) is 2.70. The number of rotatable bonds is 4. The summed E-state index contributed by atoms with van der Waals surface area (Å²) in [6.07, 6.45) is 2.35. The molecule has 4 heteroatoms. The van der Waals surface area contributed by atoms with Gasteiger partial charge < -0.3 is 15.2 Å². The summed E-state index contributed by atoms with van der Waals surface area (Å²) >= 11 is 0. The van der Waals surface area contributed by atoms with E-state index in [-0.39, 0.29) is 17.7 Å². The smallest absolute Gasteiger partial charge is 0.255 e. The lowest BCUT2D eigenvalue weighted by atomic mass is 10.1. The second-order valence-corrected chi connectivity index (χ2v) is 4.48. The highest BCUT2D eigenvalue weighted by Crippen LogP contribution is 2.32. The van der Waals surface area contributed by atoms with Gasteiger partial charge in [0.05, 0.1) is 12.7 Å². The third-order valence-electron chi connectivity index (χ3n) is 3.14. The van der Waals surface area contributed by atoms with Crippen molar-refractivity contribution in [3.63, 3.8) is 0 Å². The van der Waals surface area contributed by atoms with Crippen LogP contribution >= 0.6 is 0 Å². The Hall–Kier alpha value is -1.71. The van der Waals surface area contributed by atoms with E-state index in [4.69, 9.17) is 4.74 Å². The van der Waals surface area contributed by atoms with Crippen LogP contribution in [0.15, 0.2) is 18.2 Å². The number of hydrogen-bond donors (Lipinski definition) is 2. The van der Waals surface area contributed by atoms with E-state index in [1.807, 2.05) is 6.92 Å². The van der Waals surface area contributed by atoms with E-state index in [2.05, 4.69) is 5.32 Å². The van der Waals surface area contributed by atoms with Crippen LogP contribution in [0, 0.1) is 5.92 Å². The SMILES string of the molecule is COc1ccc(C(=O)NC(C)C2CC2)c(O)c1. The fourth-order valence-electron chi connectivity index (χ4n) is 1.83. The summed E-state index contributed by atoms with van der Waals surface area (Å²) in [5.41, 5.74) is 0.290. The predicted octanol–water partition coefficient (Wildman–Crippen LogP) is 1.93. The molecule has 1 aromatic rings. The van der Waals surface area contributed by atoms with Gasteiger partial charge in [0.1, 0.15) is 11.5 Å². The number of carbonyl (C=O) groups excluding carboxylic acids is 1. The van der Waals surface area contributed by atoms with Gasteiger partial charge in [-0.1, -0.05) is 0 Å². The third-order valence-corrected chi connectivity index (χ3v) is 3.14. The van der Waals surface area contributed by atoms with E-state index in [9.17, 15) is 9.90 Å². The molecule has 2 rings (SSSR count). The van der Waals surface area contributed by atoms with Crippen LogP contribution < -0.4 is 10.1 Å². The lowest BCUT2D eigenvalue weighted by molar-refractivity contribution is 0.0933. The number of phenolic OH excluding ortho intramolecular Hbond substituents is 1. The summed E-state index contributed by atoms with van der Waals surface area (Å²) in [6.45, 7) is 2.00. The zero-order valence-corrected chi connectivity index (χ0v) is 10.1. The maximum absolute atomic E-state index is 11.9. The Kier molecular flexibility index (Phi) is 3.22. The Labute approximate surface area is 101 Å². The predicted molar refractivity (Wildman–Crippen MR) is 64.3 cm³/mol. The molecule has 0 spiro atoms. The number of nitrogens with one attached hydrogen (secondary N) is 1. The Balaban J connectivity index is 2.07. The maximum atomic E-state index is 11.9. The number of methoxy groups -OCH3 is 1. The highest BCUT2D eigenvalue weighted by atomic mass is 16.5. The molecule has 1 unspecified atom stereocenters. The first-order valence-electron chi connectivity index (χ1n) is 5.79. The molecule has 1 aromatic carbocycles. The number of hydrogen-bond acceptors (Lipinski definition) is 3. The van der Waals surface area contributed by atoms with E-state index in [1.165, 1.54) is 26.0 Å². The number of carbonyl (C=O) groups is 1. The number of phenols is 1. The van der Waals surface area contributed by atoms with Crippen LogP contribution in [0.4, 0.5) is 0 Å². The van der Waals surface area contributed by atoms with E-state index in [0.29, 0.717) is 17.2 Å². The van der Waals surface area contributed by atoms with Gasteiger partial charge in [-0.2, -0.15) is 0 Å². The van der Waals surface area contributed by atoms with Crippen molar-refractivity contribution < 1.29 is 14.6 Å². The van der Waals surface area contributed by atoms with Crippen molar-refractivity contribution in [2.24, 2.45) is 5.92 Å². The first-order valence-corrected chi connectivity index (χ1v) is 5.79. The molecule has 4 nitrogen and oxygen atoms in total. The highest BCUT2D eigenvalue weighted by molar-refractivity contribution is 5.97. The summed E-state index contributed by atoms with van der Waals surface area (Å²) in [7, 11) is 1.52. The topological polar surface area (TPSA) is 58.6 Å². The van der Waals surface area contributed by atoms with Crippen LogP contribution in [0.25, 0.3) is 0 Å². The van der Waals surface area contributed by atoms with Gasteiger partial charge in [0.2, 0.25) is 0 Å². The summed E-state index contributed by atoms with van der Waals surface area (Å²) in [4.78, 5) is 11.9. The van der Waals surface area contributed by atoms with Crippen LogP contribution in [0.5, 0.6) is 11.5 Å². The van der Waals surface area contributed by atoms with E-state index < -0.39 is 0 Å². The fraction of sp³-hybridized carbons (Fsp3) is 0.462. The van der Waals surface area contributed by atoms with Gasteiger partial charge in [-0.3, -0.25) is 4.79 Å². The molecule has 0 saturated heterocycles. The average molecular weight is 235 g/mol. The molecule has 1 atom stereocenters. The van der Waals surface area contributed by atoms with Gasteiger partial charge in [-0.25, -0.2) is 0 Å². The van der Waals surface area contributed by atoms with Gasteiger partial charge in [-0.05, 0) is 37.8 Å². The molecule has 0 aliphatic heterocycles. The molecule has 2 N–H and O–H groups in total. The van der Waals surface area contributed by atoms with Gasteiger partial charge in [-0.15, -0.1) is 0 Å². The number of ether oxygens (including phenoxy) is 1. The van der Waals surface area contributed by atoms with Crippen LogP contribution in [0.1, 0.15) is 30.1 Å². The molecular weight excluding hydrogens is 218 g/mol. The molecule has 1 amide bonds. The molecular formula is C13H17NO3. The van der Waals surface area contributed by atoms with Crippen LogP contribution in [0.2, 0.25) is 0 Å². The van der Waals surface area contributed by atoms with Crippen LogP contribution in [-0.2, 0) is 0 Å². The quantitative estimate of drug-likeness (QED) is 0.838. The van der Waals surface area contributed by atoms with Gasteiger partial charge in [0.25, 0.3) is 5.91 Å². The molecule has 1 saturated carbocycles. The Morgan fingerprint density at radius 1 is 1.53 bits per heavy atom. The average Bonchev–Trinajstić information content (AvgIpc) is 3.12. The summed E-state index contributed by atoms with van der Waals surface area (Å²) < 4.78 is 4.97. The molecule has 0 heterocycles. The van der Waals surface area contributed by atoms with Crippen molar-refractivity contribution in [3.8, 4) is 11.5 Å². The normalized spacial score (nSPS) is 16.4. The molecule has 92 valence electrons. The molecule has 1 aliphatic rings. The van der Waals surface area contributed by atoms with Crippen molar-refractivity contribution >= 4 is 5.91 Å². The Morgan fingerprint density at radius 3 is 2.76 bits per heavy atom. The van der Waals surface area contributed by atoms with Crippen molar-refractivity contribution in [1.82, 2.24) is 5.32 Å². The van der Waals surface area contributed by atoms with E-state index >= 15 is 0 Å². The zero-order chi connectivity index (χ0) is 12.4. The Bertz CT molecular complexity index is 427. The minimum Gasteiger partial charge on any atom is -0.507 e. The minimum absolute atomic E-state index is 0.0511. The number of benzene rings is 1. The first kappa shape index (κ1) is 11.8. The summed E-state index contributed by atoms with van der Waals surface area (Å²) in [6, 6.07) is 4.85. The standard InChI is InChI=1S/C13H17NO3/c1-8(9-3-4-9)14-13(16)11-6-5-10(17-2)7-12(11)15/h5-9,15H,3-4H2,1-2H3,(H,14,16). The van der Waals surface area contributed by atoms with Crippen molar-refractivity contribution in [2.45, 2.75) is 25.8 Å². The van der Waals surface area contributed by atoms with Gasteiger partial charge in [0, 0.05) is 12.1 Å². The van der Waals surface area contributed by atoms with Gasteiger partial charge in [0.15, 0.2) is 0 Å². The van der Waals surface area contributed by atoms with Crippen molar-refractivity contribution in [3.05, 3.63) is 23.8 Å². The van der Waals surface area contributed by atoms with Crippen LogP contribution in [0.3, 0.4) is 0 Å². The number of aromatic hydroxyl groups is 1. The molecule has 1 fully saturated rings. The maximum Gasteiger partial charge on any atom is 0.255 e. The lowest BCUT2D eigenvalue weighted by Crippen LogP contribution is -2.33. The summed E-state index contributed by atoms with van der Waals surface area (Å²) in [5.74, 6) is 0.850. The molecule has 1 aliphatic carbocycles. The van der Waals surface area contributed by atoms with E-state index in [1.54, 1.807) is 12.1 Å². The zero-order valence-electron chi connectivity index (χ0n) is 10.1. The fourth-order valence-corrected chi connectivity index (χ4v) is 1.83.